The monoisotopic (exact) mass is 489 g/mol. The van der Waals surface area contributed by atoms with Gasteiger partial charge in [0.15, 0.2) is 5.65 Å². The Morgan fingerprint density at radius 3 is 2.47 bits per heavy atom. The van der Waals surface area contributed by atoms with Crippen molar-refractivity contribution in [3.8, 4) is 0 Å². The number of amides is 1. The minimum atomic E-state index is -0.0212. The van der Waals surface area contributed by atoms with E-state index in [9.17, 15) is 4.79 Å². The first kappa shape index (κ1) is 20.7. The van der Waals surface area contributed by atoms with Gasteiger partial charge < -0.3 is 10.2 Å². The number of benzene rings is 2. The number of hydrogen-bond acceptors (Lipinski definition) is 4. The van der Waals surface area contributed by atoms with Gasteiger partial charge in [0.1, 0.15) is 11.4 Å². The smallest absolute Gasteiger partial charge is 0.259 e. The Kier molecular flexibility index (Phi) is 5.66. The van der Waals surface area contributed by atoms with Crippen LogP contribution in [0.4, 0.5) is 11.5 Å². The van der Waals surface area contributed by atoms with Crippen LogP contribution >= 0.6 is 15.9 Å². The summed E-state index contributed by atoms with van der Waals surface area (Å²) in [5.74, 6) is 1.10. The molecule has 32 heavy (non-hydrogen) atoms. The number of halogens is 1. The minimum Gasteiger partial charge on any atom is -0.339 e. The number of rotatable bonds is 4. The van der Waals surface area contributed by atoms with Crippen LogP contribution < -0.4 is 5.32 Å². The minimum absolute atomic E-state index is 0.0212. The van der Waals surface area contributed by atoms with Gasteiger partial charge in [0.05, 0.1) is 10.7 Å². The van der Waals surface area contributed by atoms with E-state index in [4.69, 9.17) is 0 Å². The maximum absolute atomic E-state index is 13.6. The molecule has 6 nitrogen and oxygen atoms in total. The molecule has 3 heterocycles. The third-order valence-corrected chi connectivity index (χ3v) is 6.64. The van der Waals surface area contributed by atoms with E-state index in [1.165, 1.54) is 11.1 Å². The molecule has 1 aliphatic rings. The summed E-state index contributed by atoms with van der Waals surface area (Å²) in [6.07, 6.45) is 5.27. The van der Waals surface area contributed by atoms with Gasteiger partial charge >= 0.3 is 0 Å². The molecule has 1 fully saturated rings. The van der Waals surface area contributed by atoms with E-state index in [0.29, 0.717) is 22.9 Å². The van der Waals surface area contributed by atoms with Crippen LogP contribution in [0.2, 0.25) is 0 Å². The fourth-order valence-electron chi connectivity index (χ4n) is 4.26. The fourth-order valence-corrected chi connectivity index (χ4v) is 4.63. The van der Waals surface area contributed by atoms with Crippen LogP contribution in [0.5, 0.6) is 0 Å². The first-order valence-corrected chi connectivity index (χ1v) is 11.6. The van der Waals surface area contributed by atoms with Gasteiger partial charge in [-0.1, -0.05) is 48.0 Å². The topological polar surface area (TPSA) is 62.5 Å². The van der Waals surface area contributed by atoms with Gasteiger partial charge in [0, 0.05) is 25.0 Å². The molecule has 0 atom stereocenters. The first-order chi connectivity index (χ1) is 15.6. The number of hydrogen-bond donors (Lipinski definition) is 1. The molecular formula is C25H24BrN5O. The van der Waals surface area contributed by atoms with E-state index >= 15 is 0 Å². The normalized spacial score (nSPS) is 14.6. The highest BCUT2D eigenvalue weighted by atomic mass is 79.9. The molecule has 1 N–H and O–H groups in total. The Balaban J connectivity index is 1.43. The molecular weight excluding hydrogens is 466 g/mol. The number of carbonyl (C=O) groups excluding carboxylic acids is 1. The molecule has 1 saturated heterocycles. The molecule has 0 unspecified atom stereocenters. The zero-order valence-electron chi connectivity index (χ0n) is 17.8. The van der Waals surface area contributed by atoms with Crippen molar-refractivity contribution in [3.63, 3.8) is 0 Å². The maximum Gasteiger partial charge on any atom is 0.259 e. The quantitative estimate of drug-likeness (QED) is 0.407. The van der Waals surface area contributed by atoms with Crippen molar-refractivity contribution in [2.24, 2.45) is 0 Å². The summed E-state index contributed by atoms with van der Waals surface area (Å²) in [6.45, 7) is 3.50. The highest BCUT2D eigenvalue weighted by Crippen LogP contribution is 2.30. The third kappa shape index (κ3) is 4.00. The van der Waals surface area contributed by atoms with Gasteiger partial charge in [-0.2, -0.15) is 9.61 Å². The molecule has 2 aromatic heterocycles. The Labute approximate surface area is 195 Å². The summed E-state index contributed by atoms with van der Waals surface area (Å²) in [5.41, 5.74) is 4.61. The van der Waals surface area contributed by atoms with Crippen molar-refractivity contribution in [2.75, 3.05) is 18.4 Å². The van der Waals surface area contributed by atoms with Gasteiger partial charge in [-0.25, -0.2) is 4.98 Å². The lowest BCUT2D eigenvalue weighted by Gasteiger charge is -2.32. The van der Waals surface area contributed by atoms with Gasteiger partial charge in [0.2, 0.25) is 0 Å². The van der Waals surface area contributed by atoms with Gasteiger partial charge in [-0.05, 0) is 59.3 Å². The molecule has 162 valence electrons. The average molecular weight is 490 g/mol. The summed E-state index contributed by atoms with van der Waals surface area (Å²) in [5, 5.41) is 7.85. The standard InChI is InChI=1S/C25H24BrN5O/c1-17-7-9-20(10-8-17)29-23-21(15-27-24-22(26)16-28-31(23)24)25(32)30-13-11-19(12-14-30)18-5-3-2-4-6-18/h2-10,15-16,19,29H,11-14H2,1H3. The van der Waals surface area contributed by atoms with Crippen LogP contribution in [0.25, 0.3) is 5.65 Å². The average Bonchev–Trinajstić information content (AvgIpc) is 3.22. The molecule has 0 bridgehead atoms. The first-order valence-electron chi connectivity index (χ1n) is 10.8. The van der Waals surface area contributed by atoms with E-state index in [-0.39, 0.29) is 5.91 Å². The third-order valence-electron chi connectivity index (χ3n) is 6.08. The second-order valence-electron chi connectivity index (χ2n) is 8.22. The van der Waals surface area contributed by atoms with Gasteiger partial charge in [0.25, 0.3) is 5.91 Å². The van der Waals surface area contributed by atoms with E-state index in [1.54, 1.807) is 16.9 Å². The number of nitrogens with one attached hydrogen (secondary N) is 1. The van der Waals surface area contributed by atoms with Crippen LogP contribution in [-0.4, -0.2) is 38.5 Å². The number of carbonyl (C=O) groups is 1. The molecule has 5 rings (SSSR count). The summed E-state index contributed by atoms with van der Waals surface area (Å²) in [7, 11) is 0. The lowest BCUT2D eigenvalue weighted by Crippen LogP contribution is -2.38. The molecule has 4 aromatic rings. The summed E-state index contributed by atoms with van der Waals surface area (Å²) >= 11 is 3.49. The maximum atomic E-state index is 13.6. The molecule has 0 radical (unpaired) electrons. The van der Waals surface area contributed by atoms with Crippen LogP contribution in [0.15, 0.2) is 71.5 Å². The second kappa shape index (κ2) is 8.74. The Morgan fingerprint density at radius 2 is 1.75 bits per heavy atom. The summed E-state index contributed by atoms with van der Waals surface area (Å²) in [6, 6.07) is 18.6. The number of aromatic nitrogens is 3. The zero-order valence-corrected chi connectivity index (χ0v) is 19.4. The van der Waals surface area contributed by atoms with Crippen molar-refractivity contribution in [3.05, 3.63) is 88.2 Å². The van der Waals surface area contributed by atoms with E-state index < -0.39 is 0 Å². The molecule has 0 saturated carbocycles. The molecule has 7 heteroatoms. The number of nitrogens with zero attached hydrogens (tertiary/aromatic N) is 4. The number of fused-ring (bicyclic) bond motifs is 1. The van der Waals surface area contributed by atoms with Gasteiger partial charge in [-0.3, -0.25) is 4.79 Å². The summed E-state index contributed by atoms with van der Waals surface area (Å²) < 4.78 is 2.47. The molecule has 0 aliphatic carbocycles. The lowest BCUT2D eigenvalue weighted by atomic mass is 9.89. The number of likely N-dealkylation sites (tertiary alicyclic amines) is 1. The highest BCUT2D eigenvalue weighted by molar-refractivity contribution is 9.10. The Bertz CT molecular complexity index is 1240. The van der Waals surface area contributed by atoms with Crippen molar-refractivity contribution in [1.82, 2.24) is 19.5 Å². The second-order valence-corrected chi connectivity index (χ2v) is 9.07. The zero-order chi connectivity index (χ0) is 22.1. The van der Waals surface area contributed by atoms with Crippen molar-refractivity contribution in [2.45, 2.75) is 25.7 Å². The van der Waals surface area contributed by atoms with Crippen LogP contribution in [-0.2, 0) is 0 Å². The largest absolute Gasteiger partial charge is 0.339 e. The molecule has 1 aliphatic heterocycles. The molecule has 0 spiro atoms. The fraction of sp³-hybridized carbons (Fsp3) is 0.240. The van der Waals surface area contributed by atoms with E-state index in [2.05, 4.69) is 55.6 Å². The van der Waals surface area contributed by atoms with Gasteiger partial charge in [-0.15, -0.1) is 0 Å². The molecule has 1 amide bonds. The highest BCUT2D eigenvalue weighted by Gasteiger charge is 2.27. The predicted octanol–water partition coefficient (Wildman–Crippen LogP) is 5.56. The lowest BCUT2D eigenvalue weighted by molar-refractivity contribution is 0.0713. The van der Waals surface area contributed by atoms with Crippen molar-refractivity contribution in [1.29, 1.82) is 0 Å². The van der Waals surface area contributed by atoms with Crippen molar-refractivity contribution < 1.29 is 4.79 Å². The molecule has 2 aromatic carbocycles. The Morgan fingerprint density at radius 1 is 1.03 bits per heavy atom. The van der Waals surface area contributed by atoms with Crippen LogP contribution in [0.3, 0.4) is 0 Å². The van der Waals surface area contributed by atoms with E-state index in [0.717, 1.165) is 36.1 Å². The van der Waals surface area contributed by atoms with Crippen LogP contribution in [0, 0.1) is 6.92 Å². The number of aryl methyl sites for hydroxylation is 1. The van der Waals surface area contributed by atoms with Crippen LogP contribution in [0.1, 0.15) is 40.2 Å². The SMILES string of the molecule is Cc1ccc(Nc2c(C(=O)N3CCC(c4ccccc4)CC3)cnc3c(Br)cnn23)cc1. The Hall–Kier alpha value is -3.19. The number of anilines is 2. The van der Waals surface area contributed by atoms with E-state index in [1.807, 2.05) is 42.2 Å². The number of piperidine rings is 1. The summed E-state index contributed by atoms with van der Waals surface area (Å²) in [4.78, 5) is 20.0. The predicted molar refractivity (Wildman–Crippen MR) is 129 cm³/mol. The van der Waals surface area contributed by atoms with Crippen molar-refractivity contribution >= 4 is 39.0 Å².